The van der Waals surface area contributed by atoms with Crippen LogP contribution in [0.2, 0.25) is 0 Å². The van der Waals surface area contributed by atoms with Crippen molar-refractivity contribution in [1.82, 2.24) is 4.98 Å². The zero-order valence-corrected chi connectivity index (χ0v) is 10.4. The highest BCUT2D eigenvalue weighted by molar-refractivity contribution is 6.04. The molecule has 2 aromatic rings. The number of nitrogens with one attached hydrogen (secondary N) is 2. The molecule has 0 unspecified atom stereocenters. The summed E-state index contributed by atoms with van der Waals surface area (Å²) >= 11 is 0. The SMILES string of the molecule is O=C(Nc1ccc2c(c1)OC(F)(F)O2)c1ccc(=O)[nH]c1. The Morgan fingerprint density at radius 1 is 1.14 bits per heavy atom. The molecule has 0 spiro atoms. The van der Waals surface area contributed by atoms with E-state index in [1.165, 1.54) is 36.5 Å². The number of anilines is 1. The van der Waals surface area contributed by atoms with Crippen LogP contribution in [0.15, 0.2) is 41.3 Å². The zero-order chi connectivity index (χ0) is 15.0. The first kappa shape index (κ1) is 13.1. The van der Waals surface area contributed by atoms with Crippen molar-refractivity contribution in [3.63, 3.8) is 0 Å². The van der Waals surface area contributed by atoms with Crippen LogP contribution in [0, 0.1) is 0 Å². The third-order valence-corrected chi connectivity index (χ3v) is 2.71. The van der Waals surface area contributed by atoms with Crippen LogP contribution in [0.1, 0.15) is 10.4 Å². The monoisotopic (exact) mass is 294 g/mol. The number of pyridine rings is 1. The van der Waals surface area contributed by atoms with E-state index in [0.29, 0.717) is 0 Å². The molecule has 0 fully saturated rings. The Labute approximate surface area is 116 Å². The number of benzene rings is 1. The minimum absolute atomic E-state index is 0.109. The maximum atomic E-state index is 12.9. The van der Waals surface area contributed by atoms with Crippen molar-refractivity contribution in [2.45, 2.75) is 6.29 Å². The van der Waals surface area contributed by atoms with Gasteiger partial charge in [0.25, 0.3) is 5.91 Å². The molecule has 3 rings (SSSR count). The number of ether oxygens (including phenoxy) is 2. The maximum Gasteiger partial charge on any atom is 0.586 e. The van der Waals surface area contributed by atoms with Gasteiger partial charge in [0.1, 0.15) is 0 Å². The molecule has 6 nitrogen and oxygen atoms in total. The first-order valence-corrected chi connectivity index (χ1v) is 5.83. The Balaban J connectivity index is 1.79. The van der Waals surface area contributed by atoms with E-state index < -0.39 is 12.2 Å². The van der Waals surface area contributed by atoms with Crippen LogP contribution in [0.4, 0.5) is 14.5 Å². The summed E-state index contributed by atoms with van der Waals surface area (Å²) in [5.74, 6) is -0.779. The smallest absolute Gasteiger partial charge is 0.395 e. The molecule has 0 bridgehead atoms. The molecule has 0 saturated carbocycles. The number of rotatable bonds is 2. The van der Waals surface area contributed by atoms with E-state index in [1.807, 2.05) is 0 Å². The topological polar surface area (TPSA) is 80.4 Å². The number of carbonyl (C=O) groups excluding carboxylic acids is 1. The lowest BCUT2D eigenvalue weighted by Gasteiger charge is -2.05. The Hall–Kier alpha value is -2.90. The van der Waals surface area contributed by atoms with Gasteiger partial charge in [0.2, 0.25) is 5.56 Å². The molecular weight excluding hydrogens is 286 g/mol. The summed E-state index contributed by atoms with van der Waals surface area (Å²) in [5, 5.41) is 2.49. The first-order valence-electron chi connectivity index (χ1n) is 5.83. The second-order valence-corrected chi connectivity index (χ2v) is 4.22. The summed E-state index contributed by atoms with van der Waals surface area (Å²) in [5.41, 5.74) is 0.140. The highest BCUT2D eigenvalue weighted by Crippen LogP contribution is 2.42. The highest BCUT2D eigenvalue weighted by atomic mass is 19.3. The number of aromatic amines is 1. The summed E-state index contributed by atoms with van der Waals surface area (Å²) in [4.78, 5) is 25.2. The molecule has 1 aliphatic heterocycles. The van der Waals surface area contributed by atoms with E-state index in [9.17, 15) is 18.4 Å². The fourth-order valence-electron chi connectivity index (χ4n) is 1.78. The molecule has 8 heteroatoms. The number of aromatic nitrogens is 1. The van der Waals surface area contributed by atoms with Crippen LogP contribution in [-0.4, -0.2) is 17.2 Å². The highest BCUT2D eigenvalue weighted by Gasteiger charge is 2.43. The molecule has 0 saturated heterocycles. The normalized spacial score (nSPS) is 14.8. The van der Waals surface area contributed by atoms with Crippen LogP contribution in [0.5, 0.6) is 11.5 Å². The Morgan fingerprint density at radius 2 is 1.90 bits per heavy atom. The van der Waals surface area contributed by atoms with Gasteiger partial charge < -0.3 is 19.8 Å². The quantitative estimate of drug-likeness (QED) is 0.887. The standard InChI is InChI=1S/C13H8F2N2O4/c14-13(15)20-9-3-2-8(5-10(9)21-13)17-12(19)7-1-4-11(18)16-6-7/h1-6H,(H,16,18)(H,17,19). The average molecular weight is 294 g/mol. The zero-order valence-electron chi connectivity index (χ0n) is 10.4. The second kappa shape index (κ2) is 4.58. The van der Waals surface area contributed by atoms with Crippen LogP contribution >= 0.6 is 0 Å². The van der Waals surface area contributed by atoms with Gasteiger partial charge in [-0.3, -0.25) is 9.59 Å². The first-order chi connectivity index (χ1) is 9.93. The molecule has 0 atom stereocenters. The van der Waals surface area contributed by atoms with Crippen LogP contribution in [-0.2, 0) is 0 Å². The fourth-order valence-corrected chi connectivity index (χ4v) is 1.78. The van der Waals surface area contributed by atoms with E-state index in [1.54, 1.807) is 0 Å². The van der Waals surface area contributed by atoms with Crippen molar-refractivity contribution >= 4 is 11.6 Å². The largest absolute Gasteiger partial charge is 0.586 e. The van der Waals surface area contributed by atoms with Crippen molar-refractivity contribution < 1.29 is 23.0 Å². The van der Waals surface area contributed by atoms with Gasteiger partial charge in [-0.1, -0.05) is 0 Å². The van der Waals surface area contributed by atoms with Crippen LogP contribution in [0.3, 0.4) is 0 Å². The van der Waals surface area contributed by atoms with E-state index in [2.05, 4.69) is 19.8 Å². The van der Waals surface area contributed by atoms with Gasteiger partial charge in [-0.15, -0.1) is 8.78 Å². The van der Waals surface area contributed by atoms with Gasteiger partial charge >= 0.3 is 6.29 Å². The number of H-pyrrole nitrogens is 1. The van der Waals surface area contributed by atoms with Gasteiger partial charge in [0, 0.05) is 24.0 Å². The molecule has 2 heterocycles. The summed E-state index contributed by atoms with van der Waals surface area (Å²) in [6, 6.07) is 6.43. The van der Waals surface area contributed by atoms with E-state index in [4.69, 9.17) is 0 Å². The van der Waals surface area contributed by atoms with Gasteiger partial charge in [-0.05, 0) is 18.2 Å². The lowest BCUT2D eigenvalue weighted by Crippen LogP contribution is -2.25. The number of alkyl halides is 2. The molecule has 1 aromatic carbocycles. The third kappa shape index (κ3) is 2.69. The van der Waals surface area contributed by atoms with Crippen molar-refractivity contribution in [2.24, 2.45) is 0 Å². The Bertz CT molecular complexity index is 753. The van der Waals surface area contributed by atoms with Crippen molar-refractivity contribution in [2.75, 3.05) is 5.32 Å². The lowest BCUT2D eigenvalue weighted by molar-refractivity contribution is -0.286. The van der Waals surface area contributed by atoms with Crippen molar-refractivity contribution in [3.8, 4) is 11.5 Å². The molecule has 0 aliphatic carbocycles. The summed E-state index contributed by atoms with van der Waals surface area (Å²) in [7, 11) is 0. The van der Waals surface area contributed by atoms with Crippen molar-refractivity contribution in [1.29, 1.82) is 0 Å². The van der Waals surface area contributed by atoms with Gasteiger partial charge in [0.15, 0.2) is 11.5 Å². The summed E-state index contributed by atoms with van der Waals surface area (Å²) < 4.78 is 34.3. The maximum absolute atomic E-state index is 12.9. The third-order valence-electron chi connectivity index (χ3n) is 2.71. The van der Waals surface area contributed by atoms with Gasteiger partial charge in [-0.2, -0.15) is 0 Å². The Kier molecular flexibility index (Phi) is 2.86. The predicted molar refractivity (Wildman–Crippen MR) is 67.7 cm³/mol. The van der Waals surface area contributed by atoms with Crippen LogP contribution in [0.25, 0.3) is 0 Å². The number of amides is 1. The molecule has 1 aliphatic rings. The number of hydrogen-bond acceptors (Lipinski definition) is 4. The van der Waals surface area contributed by atoms with E-state index in [-0.39, 0.29) is 28.3 Å². The van der Waals surface area contributed by atoms with E-state index in [0.717, 1.165) is 0 Å². The average Bonchev–Trinajstić information content (AvgIpc) is 2.72. The summed E-state index contributed by atoms with van der Waals surface area (Å²) in [6.07, 6.45) is -2.46. The molecule has 2 N–H and O–H groups in total. The second-order valence-electron chi connectivity index (χ2n) is 4.22. The molecule has 21 heavy (non-hydrogen) atoms. The number of hydrogen-bond donors (Lipinski definition) is 2. The van der Waals surface area contributed by atoms with Gasteiger partial charge in [-0.25, -0.2) is 0 Å². The molecule has 0 radical (unpaired) electrons. The molecule has 1 aromatic heterocycles. The van der Waals surface area contributed by atoms with Gasteiger partial charge in [0.05, 0.1) is 5.56 Å². The summed E-state index contributed by atoms with van der Waals surface area (Å²) in [6.45, 7) is 0. The minimum atomic E-state index is -3.70. The minimum Gasteiger partial charge on any atom is -0.395 e. The number of carbonyl (C=O) groups is 1. The van der Waals surface area contributed by atoms with Crippen molar-refractivity contribution in [3.05, 3.63) is 52.4 Å². The predicted octanol–water partition coefficient (Wildman–Crippen LogP) is 1.95. The van der Waals surface area contributed by atoms with Crippen LogP contribution < -0.4 is 20.3 Å². The molecule has 1 amide bonds. The molecular formula is C13H8F2N2O4. The Morgan fingerprint density at radius 3 is 2.62 bits per heavy atom. The number of fused-ring (bicyclic) bond motifs is 1. The van der Waals surface area contributed by atoms with E-state index >= 15 is 0 Å². The lowest BCUT2D eigenvalue weighted by atomic mass is 10.2. The number of halogens is 2. The fraction of sp³-hybridized carbons (Fsp3) is 0.0769. The molecule has 108 valence electrons.